The number of phenols is 1. The van der Waals surface area contributed by atoms with E-state index < -0.39 is 58.0 Å². The molecule has 0 aromatic heterocycles. The van der Waals surface area contributed by atoms with Gasteiger partial charge in [-0.25, -0.2) is 0 Å². The van der Waals surface area contributed by atoms with E-state index in [1.165, 1.54) is 10.5 Å². The van der Waals surface area contributed by atoms with Crippen LogP contribution in [0, 0.1) is 11.8 Å². The summed E-state index contributed by atoms with van der Waals surface area (Å²) in [5.41, 5.74) is 5.12. The van der Waals surface area contributed by atoms with Crippen LogP contribution in [0.1, 0.15) is 35.1 Å². The number of aryl methyl sites for hydroxylation is 1. The van der Waals surface area contributed by atoms with Crippen LogP contribution in [0.3, 0.4) is 0 Å². The number of primary amides is 1. The zero-order valence-electron chi connectivity index (χ0n) is 27.7. The Bertz CT molecular complexity index is 1630. The maximum absolute atomic E-state index is 14.2. The predicted octanol–water partition coefficient (Wildman–Crippen LogP) is -3.90. The molecule has 0 aliphatic heterocycles. The van der Waals surface area contributed by atoms with Gasteiger partial charge in [-0.15, -0.1) is 0 Å². The molecule has 0 spiro atoms. The fourth-order valence-corrected chi connectivity index (χ4v) is 7.45. The number of nitrogens with zero attached hydrogens (tertiary/aromatic N) is 3. The van der Waals surface area contributed by atoms with Gasteiger partial charge in [-0.3, -0.25) is 19.3 Å². The Morgan fingerprint density at radius 1 is 1.04 bits per heavy atom. The number of hydrogen-bond acceptors (Lipinski definition) is 10. The number of halogens is 1. The molecule has 6 N–H and O–H groups in total. The van der Waals surface area contributed by atoms with E-state index in [1.807, 2.05) is 50.3 Å². The second kappa shape index (κ2) is 14.9. The number of fused-ring (bicyclic) bond motifs is 3. The van der Waals surface area contributed by atoms with Crippen molar-refractivity contribution < 1.29 is 90.9 Å². The van der Waals surface area contributed by atoms with Gasteiger partial charge in [-0.05, 0) is 82.0 Å². The van der Waals surface area contributed by atoms with E-state index in [2.05, 4.69) is 17.0 Å². The third-order valence-electron chi connectivity index (χ3n) is 9.54. The monoisotopic (exact) mass is 676 g/mol. The summed E-state index contributed by atoms with van der Waals surface area (Å²) >= 11 is 0. The Labute approximate surface area is 316 Å². The summed E-state index contributed by atoms with van der Waals surface area (Å²) < 4.78 is 0. The van der Waals surface area contributed by atoms with Crippen LogP contribution in [0.25, 0.3) is 5.76 Å². The van der Waals surface area contributed by atoms with Crippen LogP contribution in [0.2, 0.25) is 0 Å². The Morgan fingerprint density at radius 2 is 1.68 bits per heavy atom. The largest absolute Gasteiger partial charge is 1.00 e. The quantitative estimate of drug-likeness (QED) is 0.131. The van der Waals surface area contributed by atoms with E-state index in [0.717, 1.165) is 25.2 Å². The number of likely N-dealkylation sites (N-methyl/N-ethyl adjacent to an activating group) is 1. The van der Waals surface area contributed by atoms with E-state index >= 15 is 0 Å². The summed E-state index contributed by atoms with van der Waals surface area (Å²) in [5.74, 6) is -6.49. The number of rotatable bonds is 9. The average Bonchev–Trinajstić information content (AvgIpc) is 2.96. The smallest absolute Gasteiger partial charge is 1.00 e. The third kappa shape index (κ3) is 6.69. The van der Waals surface area contributed by atoms with Gasteiger partial charge >= 0.3 is 51.4 Å². The molecule has 1 amide bonds. The molecule has 11 nitrogen and oxygen atoms in total. The number of hydrogen-bond donors (Lipinski definition) is 5. The van der Waals surface area contributed by atoms with Gasteiger partial charge in [0.1, 0.15) is 22.8 Å². The minimum atomic E-state index is -2.66. The fraction of sp³-hybridized carbons (Fsp3) is 0.441. The van der Waals surface area contributed by atoms with Crippen molar-refractivity contribution in [3.05, 3.63) is 75.6 Å². The van der Waals surface area contributed by atoms with Gasteiger partial charge in [0.15, 0.2) is 11.4 Å². The number of ketones is 2. The maximum atomic E-state index is 14.2. The number of carbonyl (C=O) groups excluding carboxylic acids is 3. The van der Waals surface area contributed by atoms with Crippen LogP contribution in [0.4, 0.5) is 5.69 Å². The molecule has 0 radical (unpaired) electrons. The van der Waals surface area contributed by atoms with Gasteiger partial charge in [-0.1, -0.05) is 30.3 Å². The molecular formula is C34H42FKN4O7. The number of aliphatic hydroxyl groups is 3. The van der Waals surface area contributed by atoms with Gasteiger partial charge in [0.2, 0.25) is 5.78 Å². The number of nitrogens with two attached hydrogens (primary N) is 1. The molecule has 0 unspecified atom stereocenters. The van der Waals surface area contributed by atoms with Crippen molar-refractivity contribution in [2.45, 2.75) is 43.9 Å². The Hall–Kier alpha value is -2.62. The number of aliphatic hydroxyl groups excluding tert-OH is 2. The molecule has 0 heterocycles. The molecule has 1 saturated carbocycles. The third-order valence-corrected chi connectivity index (χ3v) is 9.54. The molecule has 0 saturated heterocycles. The number of benzene rings is 2. The van der Waals surface area contributed by atoms with Gasteiger partial charge in [0, 0.05) is 37.8 Å². The van der Waals surface area contributed by atoms with Crippen LogP contribution >= 0.6 is 0 Å². The fourth-order valence-electron chi connectivity index (χ4n) is 7.45. The van der Waals surface area contributed by atoms with Gasteiger partial charge < -0.3 is 40.7 Å². The van der Waals surface area contributed by atoms with Gasteiger partial charge in [0.25, 0.3) is 5.91 Å². The summed E-state index contributed by atoms with van der Waals surface area (Å²) in [7, 11) is 8.91. The summed E-state index contributed by atoms with van der Waals surface area (Å²) in [5, 5.41) is 46.2. The number of phenolic OH excluding ortho intramolecular Hbond substituents is 1. The van der Waals surface area contributed by atoms with Crippen LogP contribution in [0.5, 0.6) is 5.75 Å². The van der Waals surface area contributed by atoms with Crippen molar-refractivity contribution in [3.63, 3.8) is 0 Å². The van der Waals surface area contributed by atoms with Crippen molar-refractivity contribution in [1.29, 1.82) is 0 Å². The molecule has 2 aromatic carbocycles. The van der Waals surface area contributed by atoms with Crippen LogP contribution in [-0.2, 0) is 33.8 Å². The van der Waals surface area contributed by atoms with Crippen LogP contribution in [-0.4, -0.2) is 101 Å². The minimum absolute atomic E-state index is 0. The number of aromatic hydroxyl groups is 1. The first-order valence-corrected chi connectivity index (χ1v) is 15.1. The predicted molar refractivity (Wildman–Crippen MR) is 170 cm³/mol. The number of Topliss-reactive ketones (excluding diaryl/α,β-unsaturated/α-hetero) is 2. The van der Waals surface area contributed by atoms with Crippen molar-refractivity contribution in [2.24, 2.45) is 17.6 Å². The minimum Gasteiger partial charge on any atom is -1.00 e. The number of amides is 1. The first kappa shape index (κ1) is 38.8. The molecule has 13 heteroatoms. The summed E-state index contributed by atoms with van der Waals surface area (Å²) in [6.07, 6.45) is 1.52. The van der Waals surface area contributed by atoms with E-state index in [4.69, 9.17) is 5.73 Å². The summed E-state index contributed by atoms with van der Waals surface area (Å²) in [4.78, 5) is 45.3. The van der Waals surface area contributed by atoms with Crippen LogP contribution in [0.15, 0.2) is 53.3 Å². The standard InChI is InChI=1S/C34H42N4O7.FH.K/c1-36(2)23-16-19(12-9-13-38(5)17-18-10-7-6-8-11-18)28(39)25-21(23)14-20-15-22-27(37(3)4)30(41)26(33(35)44)32(43)34(22,45)31(42)24(20)29(25)40;;/h6-8,10-11,16,20,22,27,39-40,43,45H,9,12-15,17H2,1-5H3,(H2,35,44);1H;/q;;+1/p-1/t20-,22-,27-,34-;;/m0../s1. The first-order valence-electron chi connectivity index (χ1n) is 15.1. The van der Waals surface area contributed by atoms with Crippen molar-refractivity contribution in [2.75, 3.05) is 46.7 Å². The Balaban J connectivity index is 0.00000300. The van der Waals surface area contributed by atoms with E-state index in [0.29, 0.717) is 17.5 Å². The van der Waals surface area contributed by atoms with E-state index in [-0.39, 0.29) is 85.8 Å². The second-order valence-electron chi connectivity index (χ2n) is 12.9. The molecule has 2 aromatic rings. The van der Waals surface area contributed by atoms with Crippen molar-refractivity contribution >= 4 is 28.9 Å². The number of carbonyl (C=O) groups is 3. The molecule has 3 aliphatic rings. The molecular weight excluding hydrogens is 634 g/mol. The summed E-state index contributed by atoms with van der Waals surface area (Å²) in [6.45, 7) is 1.53. The average molecular weight is 677 g/mol. The zero-order chi connectivity index (χ0) is 33.0. The molecule has 3 aliphatic carbocycles. The van der Waals surface area contributed by atoms with Crippen LogP contribution < -0.4 is 66.7 Å². The van der Waals surface area contributed by atoms with E-state index in [1.54, 1.807) is 14.1 Å². The maximum Gasteiger partial charge on any atom is 1.00 e. The van der Waals surface area contributed by atoms with E-state index in [9.17, 15) is 34.8 Å². The second-order valence-corrected chi connectivity index (χ2v) is 12.9. The normalized spacial score (nSPS) is 23.5. The molecule has 0 bridgehead atoms. The summed E-state index contributed by atoms with van der Waals surface area (Å²) in [6, 6.07) is 10.9. The van der Waals surface area contributed by atoms with Gasteiger partial charge in [0.05, 0.1) is 11.6 Å². The topological polar surface area (TPSA) is 168 Å². The SMILES string of the molecule is CN(CCCc1cc(N(C)C)c2c(c1O)C(O)=C1C(=O)[C@]3(O)C(O)=C(C(N)=O)C(=O)[C@@H](N(C)C)[C@@H]3C[C@@H]1C2)Cc1ccccc1.[F-].[K+]. The molecule has 1 fully saturated rings. The van der Waals surface area contributed by atoms with Crippen molar-refractivity contribution in [3.8, 4) is 5.75 Å². The first-order chi connectivity index (χ1) is 21.2. The molecule has 5 rings (SSSR count). The zero-order valence-corrected chi connectivity index (χ0v) is 30.9. The Morgan fingerprint density at radius 3 is 2.26 bits per heavy atom. The Kier molecular flexibility index (Phi) is 12.3. The molecule has 47 heavy (non-hydrogen) atoms. The van der Waals surface area contributed by atoms with Crippen molar-refractivity contribution in [1.82, 2.24) is 9.80 Å². The number of anilines is 1. The molecule has 4 atom stereocenters. The molecule has 248 valence electrons. The van der Waals surface area contributed by atoms with Gasteiger partial charge in [-0.2, -0.15) is 0 Å².